The highest BCUT2D eigenvalue weighted by molar-refractivity contribution is 6.31. The molecule has 2 heterocycles. The fourth-order valence-electron chi connectivity index (χ4n) is 4.89. The smallest absolute Gasteiger partial charge is 0.254 e. The first-order valence-corrected chi connectivity index (χ1v) is 11.1. The van der Waals surface area contributed by atoms with Crippen molar-refractivity contribution in [1.29, 1.82) is 0 Å². The van der Waals surface area contributed by atoms with Crippen LogP contribution < -0.4 is 10.1 Å². The third-order valence-electron chi connectivity index (χ3n) is 6.24. The first kappa shape index (κ1) is 21.7. The number of fused-ring (bicyclic) bond motifs is 1. The normalized spacial score (nSPS) is 22.8. The SMILES string of the molecule is CCOc1ccccc1C1(N2CCC[C@H]2CC(=O)N(C)C)C(=O)Nc2ccc(Cl)cc21. The van der Waals surface area contributed by atoms with Crippen molar-refractivity contribution in [1.82, 2.24) is 9.80 Å². The highest BCUT2D eigenvalue weighted by atomic mass is 35.5. The van der Waals surface area contributed by atoms with Crippen LogP contribution in [0.15, 0.2) is 42.5 Å². The van der Waals surface area contributed by atoms with Gasteiger partial charge < -0.3 is 15.0 Å². The minimum atomic E-state index is -1.11. The van der Waals surface area contributed by atoms with E-state index in [0.29, 0.717) is 30.3 Å². The lowest BCUT2D eigenvalue weighted by atomic mass is 9.80. The van der Waals surface area contributed by atoms with Crippen LogP contribution in [-0.4, -0.2) is 54.9 Å². The largest absolute Gasteiger partial charge is 0.493 e. The molecule has 2 aliphatic rings. The Morgan fingerprint density at radius 3 is 2.77 bits per heavy atom. The minimum Gasteiger partial charge on any atom is -0.493 e. The Hall–Kier alpha value is -2.57. The second-order valence-corrected chi connectivity index (χ2v) is 8.70. The van der Waals surface area contributed by atoms with E-state index in [1.54, 1.807) is 25.1 Å². The number of rotatable bonds is 6. The zero-order chi connectivity index (χ0) is 22.2. The molecule has 0 aromatic heterocycles. The van der Waals surface area contributed by atoms with E-state index in [1.165, 1.54) is 0 Å². The predicted molar refractivity (Wildman–Crippen MR) is 122 cm³/mol. The first-order valence-electron chi connectivity index (χ1n) is 10.7. The van der Waals surface area contributed by atoms with E-state index >= 15 is 0 Å². The van der Waals surface area contributed by atoms with Gasteiger partial charge in [-0.05, 0) is 44.0 Å². The summed E-state index contributed by atoms with van der Waals surface area (Å²) in [5.74, 6) is 0.577. The van der Waals surface area contributed by atoms with E-state index in [4.69, 9.17) is 16.3 Å². The highest BCUT2D eigenvalue weighted by Gasteiger charge is 2.57. The molecule has 0 saturated carbocycles. The summed E-state index contributed by atoms with van der Waals surface area (Å²) in [5, 5.41) is 3.63. The number of carbonyl (C=O) groups excluding carboxylic acids is 2. The summed E-state index contributed by atoms with van der Waals surface area (Å²) < 4.78 is 5.97. The van der Waals surface area contributed by atoms with Crippen LogP contribution in [0.5, 0.6) is 5.75 Å². The molecular weight excluding hydrogens is 414 g/mol. The third-order valence-corrected chi connectivity index (χ3v) is 6.48. The van der Waals surface area contributed by atoms with Gasteiger partial charge in [0.15, 0.2) is 5.54 Å². The van der Waals surface area contributed by atoms with Crippen LogP contribution in [0.25, 0.3) is 0 Å². The molecule has 1 unspecified atom stereocenters. The quantitative estimate of drug-likeness (QED) is 0.739. The van der Waals surface area contributed by atoms with Crippen LogP contribution in [0.1, 0.15) is 37.3 Å². The van der Waals surface area contributed by atoms with Gasteiger partial charge in [0, 0.05) is 54.9 Å². The van der Waals surface area contributed by atoms with Crippen LogP contribution in [0.2, 0.25) is 5.02 Å². The number of amides is 2. The van der Waals surface area contributed by atoms with Gasteiger partial charge in [-0.15, -0.1) is 0 Å². The second-order valence-electron chi connectivity index (χ2n) is 8.27. The second kappa shape index (κ2) is 8.52. The molecule has 7 heteroatoms. The fourth-order valence-corrected chi connectivity index (χ4v) is 5.06. The molecule has 0 spiro atoms. The number of halogens is 1. The number of likely N-dealkylation sites (tertiary alicyclic amines) is 1. The minimum absolute atomic E-state index is 0.0508. The van der Waals surface area contributed by atoms with Crippen molar-refractivity contribution >= 4 is 29.1 Å². The zero-order valence-electron chi connectivity index (χ0n) is 18.2. The monoisotopic (exact) mass is 441 g/mol. The van der Waals surface area contributed by atoms with Gasteiger partial charge >= 0.3 is 0 Å². The molecule has 0 bridgehead atoms. The van der Waals surface area contributed by atoms with E-state index in [9.17, 15) is 9.59 Å². The third kappa shape index (κ3) is 3.58. The lowest BCUT2D eigenvalue weighted by Gasteiger charge is -2.42. The van der Waals surface area contributed by atoms with Crippen molar-refractivity contribution in [3.8, 4) is 5.75 Å². The molecular formula is C24H28ClN3O3. The lowest BCUT2D eigenvalue weighted by Crippen LogP contribution is -2.54. The van der Waals surface area contributed by atoms with Gasteiger partial charge in [0.2, 0.25) is 5.91 Å². The van der Waals surface area contributed by atoms with Gasteiger partial charge in [-0.25, -0.2) is 0 Å². The summed E-state index contributed by atoms with van der Waals surface area (Å²) in [6.07, 6.45) is 2.11. The number of benzene rings is 2. The van der Waals surface area contributed by atoms with Crippen LogP contribution in [0, 0.1) is 0 Å². The molecule has 1 fully saturated rings. The summed E-state index contributed by atoms with van der Waals surface area (Å²) in [6.45, 7) is 3.11. The predicted octanol–water partition coefficient (Wildman–Crippen LogP) is 3.88. The van der Waals surface area contributed by atoms with E-state index < -0.39 is 5.54 Å². The van der Waals surface area contributed by atoms with Crippen molar-refractivity contribution in [2.45, 2.75) is 37.8 Å². The summed E-state index contributed by atoms with van der Waals surface area (Å²) in [6, 6.07) is 13.1. The molecule has 0 aliphatic carbocycles. The Balaban J connectivity index is 1.93. The molecule has 31 heavy (non-hydrogen) atoms. The van der Waals surface area contributed by atoms with Crippen molar-refractivity contribution in [3.05, 3.63) is 58.6 Å². The number of nitrogens with one attached hydrogen (secondary N) is 1. The van der Waals surface area contributed by atoms with Gasteiger partial charge in [0.25, 0.3) is 5.91 Å². The molecule has 1 saturated heterocycles. The number of hydrogen-bond acceptors (Lipinski definition) is 4. The average Bonchev–Trinajstić information content (AvgIpc) is 3.30. The van der Waals surface area contributed by atoms with Gasteiger partial charge in [0.1, 0.15) is 5.75 Å². The topological polar surface area (TPSA) is 61.9 Å². The molecule has 2 aromatic rings. The standard InChI is InChI=1S/C24H28ClN3O3/c1-4-31-21-10-6-5-9-18(21)24(19-14-16(25)11-12-20(19)26-23(24)30)28-13-7-8-17(28)15-22(29)27(2)3/h5-6,9-12,14,17H,4,7-8,13,15H2,1-3H3,(H,26,30)/t17-,24?/m0/s1. The van der Waals surface area contributed by atoms with E-state index in [2.05, 4.69) is 10.2 Å². The Bertz CT molecular complexity index is 1010. The van der Waals surface area contributed by atoms with Gasteiger partial charge in [0.05, 0.1) is 6.61 Å². The summed E-state index contributed by atoms with van der Waals surface area (Å²) >= 11 is 6.41. The van der Waals surface area contributed by atoms with Gasteiger partial charge in [-0.1, -0.05) is 29.8 Å². The van der Waals surface area contributed by atoms with E-state index in [1.807, 2.05) is 43.3 Å². The Labute approximate surface area is 188 Å². The number of hydrogen-bond donors (Lipinski definition) is 1. The first-order chi connectivity index (χ1) is 14.9. The number of carbonyl (C=O) groups is 2. The van der Waals surface area contributed by atoms with Gasteiger partial charge in [-0.3, -0.25) is 14.5 Å². The average molecular weight is 442 g/mol. The maximum atomic E-state index is 13.8. The van der Waals surface area contributed by atoms with Crippen LogP contribution in [-0.2, 0) is 15.1 Å². The van der Waals surface area contributed by atoms with Gasteiger partial charge in [-0.2, -0.15) is 0 Å². The molecule has 2 atom stereocenters. The van der Waals surface area contributed by atoms with Crippen molar-refractivity contribution in [2.75, 3.05) is 32.6 Å². The summed E-state index contributed by atoms with van der Waals surface area (Å²) in [5.41, 5.74) is 1.21. The number of anilines is 1. The molecule has 164 valence electrons. The Morgan fingerprint density at radius 1 is 1.26 bits per heavy atom. The van der Waals surface area contributed by atoms with Crippen LogP contribution in [0.3, 0.4) is 0 Å². The molecule has 0 radical (unpaired) electrons. The number of nitrogens with zero attached hydrogens (tertiary/aromatic N) is 2. The number of para-hydroxylation sites is 1. The molecule has 2 aromatic carbocycles. The van der Waals surface area contributed by atoms with E-state index in [-0.39, 0.29) is 17.9 Å². The maximum Gasteiger partial charge on any atom is 0.254 e. The van der Waals surface area contributed by atoms with Crippen LogP contribution >= 0.6 is 11.6 Å². The summed E-state index contributed by atoms with van der Waals surface area (Å²) in [7, 11) is 3.53. The maximum absolute atomic E-state index is 13.8. The Morgan fingerprint density at radius 2 is 2.03 bits per heavy atom. The summed E-state index contributed by atoms with van der Waals surface area (Å²) in [4.78, 5) is 30.2. The van der Waals surface area contributed by atoms with Crippen molar-refractivity contribution < 1.29 is 14.3 Å². The molecule has 6 nitrogen and oxygen atoms in total. The number of ether oxygens (including phenoxy) is 1. The van der Waals surface area contributed by atoms with Crippen molar-refractivity contribution in [3.63, 3.8) is 0 Å². The molecule has 2 amide bonds. The fraction of sp³-hybridized carbons (Fsp3) is 0.417. The zero-order valence-corrected chi connectivity index (χ0v) is 18.9. The van der Waals surface area contributed by atoms with E-state index in [0.717, 1.165) is 29.7 Å². The van der Waals surface area contributed by atoms with Crippen molar-refractivity contribution in [2.24, 2.45) is 0 Å². The Kier molecular flexibility index (Phi) is 5.95. The molecule has 2 aliphatic heterocycles. The molecule has 4 rings (SSSR count). The lowest BCUT2D eigenvalue weighted by molar-refractivity contribution is -0.132. The molecule has 1 N–H and O–H groups in total. The van der Waals surface area contributed by atoms with Crippen LogP contribution in [0.4, 0.5) is 5.69 Å². The highest BCUT2D eigenvalue weighted by Crippen LogP contribution is 2.51.